The van der Waals surface area contributed by atoms with Crippen LogP contribution in [0.2, 0.25) is 0 Å². The SMILES string of the molecule is C=C1C(O)[C@@H](CO)O[C@H]1n1cc(F)c(NC(=O)CCCCCCCCCCCCCCCCC)nc1=O. The van der Waals surface area contributed by atoms with E-state index in [9.17, 15) is 24.2 Å². The summed E-state index contributed by atoms with van der Waals surface area (Å²) < 4.78 is 20.8. The van der Waals surface area contributed by atoms with Crippen LogP contribution in [0.15, 0.2) is 23.1 Å². The van der Waals surface area contributed by atoms with Crippen molar-refractivity contribution in [2.75, 3.05) is 11.9 Å². The molecule has 3 N–H and O–H groups in total. The highest BCUT2D eigenvalue weighted by Gasteiger charge is 2.39. The van der Waals surface area contributed by atoms with Crippen molar-refractivity contribution < 1.29 is 24.1 Å². The lowest BCUT2D eigenvalue weighted by atomic mass is 10.0. The maximum atomic E-state index is 14.5. The molecule has 0 radical (unpaired) electrons. The lowest BCUT2D eigenvalue weighted by Crippen LogP contribution is -2.30. The van der Waals surface area contributed by atoms with Gasteiger partial charge >= 0.3 is 5.69 Å². The molecule has 1 saturated heterocycles. The zero-order valence-electron chi connectivity index (χ0n) is 22.4. The summed E-state index contributed by atoms with van der Waals surface area (Å²) in [5.41, 5.74) is -0.743. The normalized spacial score (nSPS) is 19.5. The molecule has 9 heteroatoms. The third kappa shape index (κ3) is 10.7. The molecule has 1 unspecified atom stereocenters. The molecule has 1 aromatic heterocycles. The summed E-state index contributed by atoms with van der Waals surface area (Å²) in [4.78, 5) is 28.2. The number of aliphatic hydroxyl groups is 2. The van der Waals surface area contributed by atoms with Gasteiger partial charge in [0.15, 0.2) is 17.9 Å². The fourth-order valence-electron chi connectivity index (χ4n) is 4.65. The first kappa shape index (κ1) is 31.1. The summed E-state index contributed by atoms with van der Waals surface area (Å²) >= 11 is 0. The molecule has 1 aromatic rings. The van der Waals surface area contributed by atoms with Gasteiger partial charge in [-0.1, -0.05) is 103 Å². The van der Waals surface area contributed by atoms with Gasteiger partial charge < -0.3 is 20.3 Å². The standard InChI is InChI=1S/C28H46FN3O5/c1-3-4-5-6-7-8-9-10-11-12-13-14-15-16-17-18-24(34)30-26-22(29)19-32(28(36)31-26)27-21(2)25(35)23(20-33)37-27/h19,23,25,27,33,35H,2-18,20H2,1H3,(H,30,31,34,36)/t23-,25?,27-/m1/s1. The van der Waals surface area contributed by atoms with Crippen molar-refractivity contribution in [3.63, 3.8) is 0 Å². The highest BCUT2D eigenvalue weighted by Crippen LogP contribution is 2.32. The van der Waals surface area contributed by atoms with Gasteiger partial charge in [-0.25, -0.2) is 9.18 Å². The number of anilines is 1. The van der Waals surface area contributed by atoms with Crippen LogP contribution in [-0.2, 0) is 9.53 Å². The van der Waals surface area contributed by atoms with Crippen LogP contribution < -0.4 is 11.0 Å². The Kier molecular flexibility index (Phi) is 14.6. The first-order valence-electron chi connectivity index (χ1n) is 14.1. The number of unbranched alkanes of at least 4 members (excludes halogenated alkanes) is 14. The quantitative estimate of drug-likeness (QED) is 0.166. The van der Waals surface area contributed by atoms with Crippen molar-refractivity contribution in [3.8, 4) is 0 Å². The predicted octanol–water partition coefficient (Wildman–Crippen LogP) is 5.39. The van der Waals surface area contributed by atoms with Crippen LogP contribution in [0, 0.1) is 5.82 Å². The minimum Gasteiger partial charge on any atom is -0.394 e. The number of nitrogens with zero attached hydrogens (tertiary/aromatic N) is 2. The Bertz CT molecular complexity index is 891. The number of carbonyl (C=O) groups excluding carboxylic acids is 1. The van der Waals surface area contributed by atoms with E-state index in [1.165, 1.54) is 70.6 Å². The second-order valence-corrected chi connectivity index (χ2v) is 10.1. The van der Waals surface area contributed by atoms with E-state index >= 15 is 0 Å². The molecule has 0 bridgehead atoms. The number of carbonyl (C=O) groups is 1. The van der Waals surface area contributed by atoms with E-state index in [1.807, 2.05) is 0 Å². The number of amides is 1. The molecule has 37 heavy (non-hydrogen) atoms. The van der Waals surface area contributed by atoms with E-state index in [4.69, 9.17) is 4.74 Å². The van der Waals surface area contributed by atoms with Gasteiger partial charge in [0.2, 0.25) is 5.91 Å². The Labute approximate surface area is 220 Å². The fraction of sp³-hybridized carbons (Fsp3) is 0.750. The molecule has 1 fully saturated rings. The molecule has 0 spiro atoms. The van der Waals surface area contributed by atoms with Gasteiger partial charge in [-0.05, 0) is 6.42 Å². The molecular weight excluding hydrogens is 477 g/mol. The molecule has 8 nitrogen and oxygen atoms in total. The molecule has 0 saturated carbocycles. The summed E-state index contributed by atoms with van der Waals surface area (Å²) in [5.74, 6) is -1.73. The molecule has 210 valence electrons. The molecule has 1 aliphatic heterocycles. The lowest BCUT2D eigenvalue weighted by molar-refractivity contribution is -0.116. The number of aromatic nitrogens is 2. The highest BCUT2D eigenvalue weighted by molar-refractivity contribution is 5.89. The summed E-state index contributed by atoms with van der Waals surface area (Å²) in [6, 6.07) is 0. The average molecular weight is 524 g/mol. The summed E-state index contributed by atoms with van der Waals surface area (Å²) in [6.07, 6.45) is 16.3. The van der Waals surface area contributed by atoms with E-state index in [1.54, 1.807) is 0 Å². The molecule has 0 aliphatic carbocycles. The minimum absolute atomic E-state index is 0.118. The van der Waals surface area contributed by atoms with Gasteiger partial charge in [0.1, 0.15) is 12.2 Å². The van der Waals surface area contributed by atoms with Gasteiger partial charge in [0, 0.05) is 12.0 Å². The Hall–Kier alpha value is -2.10. The molecule has 1 amide bonds. The second-order valence-electron chi connectivity index (χ2n) is 10.1. The van der Waals surface area contributed by atoms with E-state index in [0.717, 1.165) is 30.0 Å². The van der Waals surface area contributed by atoms with Gasteiger partial charge in [-0.15, -0.1) is 0 Å². The van der Waals surface area contributed by atoms with Gasteiger partial charge in [-0.2, -0.15) is 4.98 Å². The number of rotatable bonds is 19. The number of ether oxygens (including phenoxy) is 1. The van der Waals surface area contributed by atoms with Crippen molar-refractivity contribution in [2.45, 2.75) is 128 Å². The predicted molar refractivity (Wildman–Crippen MR) is 143 cm³/mol. The fourth-order valence-corrected chi connectivity index (χ4v) is 4.65. The van der Waals surface area contributed by atoms with Crippen LogP contribution in [0.3, 0.4) is 0 Å². The van der Waals surface area contributed by atoms with E-state index in [0.29, 0.717) is 6.42 Å². The Morgan fingerprint density at radius 3 is 2.03 bits per heavy atom. The third-order valence-corrected chi connectivity index (χ3v) is 6.96. The van der Waals surface area contributed by atoms with Crippen molar-refractivity contribution in [2.24, 2.45) is 0 Å². The summed E-state index contributed by atoms with van der Waals surface area (Å²) in [7, 11) is 0. The van der Waals surface area contributed by atoms with Crippen LogP contribution in [0.4, 0.5) is 10.2 Å². The number of hydrogen-bond acceptors (Lipinski definition) is 6. The highest BCUT2D eigenvalue weighted by atomic mass is 19.1. The topological polar surface area (TPSA) is 114 Å². The van der Waals surface area contributed by atoms with Crippen LogP contribution in [0.1, 0.15) is 116 Å². The van der Waals surface area contributed by atoms with Crippen LogP contribution in [-0.4, -0.2) is 44.5 Å². The molecule has 2 rings (SSSR count). The molecule has 1 aliphatic rings. The zero-order chi connectivity index (χ0) is 27.0. The number of halogens is 1. The Morgan fingerprint density at radius 2 is 1.54 bits per heavy atom. The van der Waals surface area contributed by atoms with E-state index < -0.39 is 48.3 Å². The smallest absolute Gasteiger partial charge is 0.352 e. The molecule has 0 aromatic carbocycles. The van der Waals surface area contributed by atoms with Gasteiger partial charge in [-0.3, -0.25) is 9.36 Å². The number of hydrogen-bond donors (Lipinski definition) is 3. The van der Waals surface area contributed by atoms with Crippen molar-refractivity contribution in [3.05, 3.63) is 34.7 Å². The first-order valence-corrected chi connectivity index (χ1v) is 14.1. The Balaban J connectivity index is 1.58. The van der Waals surface area contributed by atoms with Crippen molar-refractivity contribution in [1.82, 2.24) is 9.55 Å². The molecular formula is C28H46FN3O5. The van der Waals surface area contributed by atoms with Crippen LogP contribution in [0.25, 0.3) is 0 Å². The average Bonchev–Trinajstić information content (AvgIpc) is 3.16. The minimum atomic E-state index is -1.18. The summed E-state index contributed by atoms with van der Waals surface area (Å²) in [5, 5.41) is 21.6. The molecule has 3 atom stereocenters. The van der Waals surface area contributed by atoms with E-state index in [-0.39, 0.29) is 12.0 Å². The van der Waals surface area contributed by atoms with E-state index in [2.05, 4.69) is 23.8 Å². The molecule has 2 heterocycles. The monoisotopic (exact) mass is 523 g/mol. The number of aliphatic hydroxyl groups excluding tert-OH is 2. The lowest BCUT2D eigenvalue weighted by Gasteiger charge is -2.15. The van der Waals surface area contributed by atoms with Crippen molar-refractivity contribution >= 4 is 11.7 Å². The largest absolute Gasteiger partial charge is 0.394 e. The summed E-state index contributed by atoms with van der Waals surface area (Å²) in [6.45, 7) is 5.43. The third-order valence-electron chi connectivity index (χ3n) is 6.96. The van der Waals surface area contributed by atoms with Gasteiger partial charge in [0.05, 0.1) is 12.8 Å². The first-order chi connectivity index (χ1) is 17.9. The van der Waals surface area contributed by atoms with Crippen molar-refractivity contribution in [1.29, 1.82) is 0 Å². The number of nitrogens with one attached hydrogen (secondary N) is 1. The Morgan fingerprint density at radius 1 is 1.03 bits per heavy atom. The zero-order valence-corrected chi connectivity index (χ0v) is 22.4. The maximum absolute atomic E-state index is 14.5. The maximum Gasteiger partial charge on any atom is 0.352 e. The van der Waals surface area contributed by atoms with Crippen LogP contribution in [0.5, 0.6) is 0 Å². The second kappa shape index (κ2) is 17.4. The van der Waals surface area contributed by atoms with Gasteiger partial charge in [0.25, 0.3) is 0 Å². The van der Waals surface area contributed by atoms with Crippen LogP contribution >= 0.6 is 0 Å².